The summed E-state index contributed by atoms with van der Waals surface area (Å²) < 4.78 is 0. The quantitative estimate of drug-likeness (QED) is 0.330. The first kappa shape index (κ1) is 16.3. The maximum Gasteiger partial charge on any atom is 0.215 e. The van der Waals surface area contributed by atoms with Gasteiger partial charge in [0.25, 0.3) is 0 Å². The molecule has 0 heterocycles. The Hall–Kier alpha value is -0.760. The van der Waals surface area contributed by atoms with Gasteiger partial charge in [0.1, 0.15) is 5.75 Å². The van der Waals surface area contributed by atoms with Crippen molar-refractivity contribution in [1.29, 1.82) is 0 Å². The summed E-state index contributed by atoms with van der Waals surface area (Å²) in [6.07, 6.45) is 2.40. The van der Waals surface area contributed by atoms with Crippen molar-refractivity contribution in [1.82, 2.24) is 0 Å². The summed E-state index contributed by atoms with van der Waals surface area (Å²) in [6.45, 7) is 10.8. The number of benzene rings is 1. The maximum atomic E-state index is 12.7. The molecule has 0 spiro atoms. The van der Waals surface area contributed by atoms with Gasteiger partial charge in [0.2, 0.25) is 5.78 Å². The summed E-state index contributed by atoms with van der Waals surface area (Å²) in [5.74, 6) is 1.42. The molecule has 0 saturated carbocycles. The average molecular weight is 279 g/mol. The molecule has 0 aliphatic rings. The average Bonchev–Trinajstić information content (AvgIpc) is 2.33. The molecule has 0 saturated heterocycles. The second-order valence-electron chi connectivity index (χ2n) is 6.26. The summed E-state index contributed by atoms with van der Waals surface area (Å²) in [7, 11) is 0. The largest absolute Gasteiger partial charge is 0.288 e. The Morgan fingerprint density at radius 2 is 1.79 bits per heavy atom. The van der Waals surface area contributed by atoms with Gasteiger partial charge in [-0.25, -0.2) is 0 Å². The number of rotatable bonds is 6. The first-order valence-electron chi connectivity index (χ1n) is 7.13. The van der Waals surface area contributed by atoms with Crippen molar-refractivity contribution in [3.05, 3.63) is 35.4 Å². The molecular weight excluding hydrogens is 252 g/mol. The predicted molar refractivity (Wildman–Crippen MR) is 87.3 cm³/mol. The number of hydrogen-bond donors (Lipinski definition) is 0. The highest BCUT2D eigenvalue weighted by Gasteiger charge is 2.37. The number of Topliss-reactive ketones (excluding diaryl/α,β-unsaturated/α-hetero) is 1. The van der Waals surface area contributed by atoms with Gasteiger partial charge < -0.3 is 0 Å². The number of ketones is 1. The lowest BCUT2D eigenvalue weighted by Crippen LogP contribution is -2.36. The molecular formula is C17H27OS+. The molecule has 1 atom stereocenters. The molecule has 2 heteroatoms. The Morgan fingerprint density at radius 1 is 1.21 bits per heavy atom. The van der Waals surface area contributed by atoms with E-state index < -0.39 is 0 Å². The van der Waals surface area contributed by atoms with Crippen LogP contribution < -0.4 is 0 Å². The van der Waals surface area contributed by atoms with E-state index in [9.17, 15) is 4.79 Å². The first-order valence-corrected chi connectivity index (χ1v) is 8.28. The molecule has 1 aromatic rings. The third-order valence-electron chi connectivity index (χ3n) is 3.23. The number of carbonyl (C=O) groups is 1. The van der Waals surface area contributed by atoms with Gasteiger partial charge in [-0.05, 0) is 25.1 Å². The number of unbranched alkanes of at least 4 members (excludes halogenated alkanes) is 1. The van der Waals surface area contributed by atoms with Crippen molar-refractivity contribution in [3.63, 3.8) is 0 Å². The first-order chi connectivity index (χ1) is 8.86. The van der Waals surface area contributed by atoms with E-state index in [0.717, 1.165) is 11.3 Å². The standard InChI is InChI=1S/C17H26OS/c1-6-7-12-19-16(17(3,4)5)15(18)14-10-8-13(2)9-11-14/h8-11,16H,6-7,12H2,1-5H3/p+1. The summed E-state index contributed by atoms with van der Waals surface area (Å²) in [5, 5.41) is 0.0988. The lowest BCUT2D eigenvalue weighted by molar-refractivity contribution is 0.0950. The van der Waals surface area contributed by atoms with E-state index in [0.29, 0.717) is 5.78 Å². The van der Waals surface area contributed by atoms with Crippen LogP contribution in [0.2, 0.25) is 0 Å². The second kappa shape index (κ2) is 7.14. The van der Waals surface area contributed by atoms with Gasteiger partial charge in [-0.2, -0.15) is 0 Å². The molecule has 1 nitrogen and oxygen atoms in total. The van der Waals surface area contributed by atoms with E-state index in [1.807, 2.05) is 24.3 Å². The Balaban J connectivity index is 2.85. The van der Waals surface area contributed by atoms with Crippen LogP contribution in [0.15, 0.2) is 24.3 Å². The monoisotopic (exact) mass is 279 g/mol. The fourth-order valence-electron chi connectivity index (χ4n) is 2.00. The molecule has 0 aliphatic carbocycles. The van der Waals surface area contributed by atoms with Crippen LogP contribution in [0, 0.1) is 12.3 Å². The normalized spacial score (nSPS) is 13.3. The summed E-state index contributed by atoms with van der Waals surface area (Å²) >= 11 is 1.27. The zero-order valence-electron chi connectivity index (χ0n) is 12.9. The number of hydrogen-bond acceptors (Lipinski definition) is 1. The molecule has 0 aliphatic heterocycles. The van der Waals surface area contributed by atoms with Gasteiger partial charge in [-0.15, -0.1) is 0 Å². The van der Waals surface area contributed by atoms with Gasteiger partial charge in [0, 0.05) is 11.0 Å². The van der Waals surface area contributed by atoms with Gasteiger partial charge in [0.15, 0.2) is 5.25 Å². The molecule has 1 unspecified atom stereocenters. The molecule has 0 radical (unpaired) electrons. The van der Waals surface area contributed by atoms with Crippen LogP contribution in [-0.2, 0) is 11.8 Å². The van der Waals surface area contributed by atoms with Gasteiger partial charge in [-0.3, -0.25) is 4.79 Å². The van der Waals surface area contributed by atoms with Crippen LogP contribution in [-0.4, -0.2) is 16.8 Å². The number of aryl methyl sites for hydroxylation is 1. The van der Waals surface area contributed by atoms with E-state index in [4.69, 9.17) is 0 Å². The van der Waals surface area contributed by atoms with Crippen LogP contribution in [0.1, 0.15) is 56.5 Å². The van der Waals surface area contributed by atoms with Crippen LogP contribution in [0.25, 0.3) is 0 Å². The molecule has 0 bridgehead atoms. The van der Waals surface area contributed by atoms with E-state index in [2.05, 4.69) is 34.6 Å². The summed E-state index contributed by atoms with van der Waals surface area (Å²) in [5.41, 5.74) is 2.08. The van der Waals surface area contributed by atoms with Gasteiger partial charge in [-0.1, -0.05) is 63.9 Å². The van der Waals surface area contributed by atoms with Crippen LogP contribution in [0.3, 0.4) is 0 Å². The molecule has 0 N–H and O–H groups in total. The minimum Gasteiger partial charge on any atom is -0.288 e. The van der Waals surface area contributed by atoms with Crippen molar-refractivity contribution >= 4 is 17.5 Å². The van der Waals surface area contributed by atoms with Gasteiger partial charge in [0.05, 0.1) is 0 Å². The predicted octanol–water partition coefficient (Wildman–Crippen LogP) is 4.21. The number of carbonyl (C=O) groups excluding carboxylic acids is 1. The molecule has 1 aromatic carbocycles. The van der Waals surface area contributed by atoms with Crippen LogP contribution in [0.4, 0.5) is 0 Å². The van der Waals surface area contributed by atoms with Gasteiger partial charge >= 0.3 is 0 Å². The Bertz CT molecular complexity index is 400. The summed E-state index contributed by atoms with van der Waals surface area (Å²) in [4.78, 5) is 12.7. The van der Waals surface area contributed by atoms with Crippen molar-refractivity contribution in [2.24, 2.45) is 5.41 Å². The highest BCUT2D eigenvalue weighted by atomic mass is 32.2. The minimum atomic E-state index is 0.0251. The Morgan fingerprint density at radius 3 is 2.26 bits per heavy atom. The molecule has 0 aromatic heterocycles. The fraction of sp³-hybridized carbons (Fsp3) is 0.588. The molecule has 0 fully saturated rings. The van der Waals surface area contributed by atoms with E-state index in [1.165, 1.54) is 30.2 Å². The zero-order chi connectivity index (χ0) is 14.5. The van der Waals surface area contributed by atoms with E-state index in [1.54, 1.807) is 0 Å². The van der Waals surface area contributed by atoms with Crippen molar-refractivity contribution < 1.29 is 4.79 Å². The zero-order valence-corrected chi connectivity index (χ0v) is 13.8. The summed E-state index contributed by atoms with van der Waals surface area (Å²) in [6, 6.07) is 7.98. The third kappa shape index (κ3) is 5.02. The van der Waals surface area contributed by atoms with Crippen molar-refractivity contribution in [2.75, 3.05) is 5.75 Å². The molecule has 0 amide bonds. The van der Waals surface area contributed by atoms with Crippen molar-refractivity contribution in [3.8, 4) is 0 Å². The topological polar surface area (TPSA) is 17.1 Å². The van der Waals surface area contributed by atoms with E-state index in [-0.39, 0.29) is 10.7 Å². The fourth-order valence-corrected chi connectivity index (χ4v) is 3.62. The lowest BCUT2D eigenvalue weighted by atomic mass is 9.87. The third-order valence-corrected chi connectivity index (χ3v) is 5.18. The Labute approximate surface area is 122 Å². The minimum absolute atomic E-state index is 0.0251. The number of thiol groups is 1. The highest BCUT2D eigenvalue weighted by molar-refractivity contribution is 7.80. The maximum absolute atomic E-state index is 12.7. The van der Waals surface area contributed by atoms with E-state index >= 15 is 0 Å². The lowest BCUT2D eigenvalue weighted by Gasteiger charge is -2.23. The smallest absolute Gasteiger partial charge is 0.215 e. The molecule has 19 heavy (non-hydrogen) atoms. The molecule has 106 valence electrons. The van der Waals surface area contributed by atoms with Crippen LogP contribution >= 0.6 is 0 Å². The SMILES string of the molecule is CCCC[SH+]C(C(=O)c1ccc(C)cc1)C(C)(C)C. The second-order valence-corrected chi connectivity index (χ2v) is 7.59. The van der Waals surface area contributed by atoms with Crippen molar-refractivity contribution in [2.45, 2.75) is 52.7 Å². The Kier molecular flexibility index (Phi) is 6.12. The van der Waals surface area contributed by atoms with Crippen LogP contribution in [0.5, 0.6) is 0 Å². The molecule has 1 rings (SSSR count). The highest BCUT2D eigenvalue weighted by Crippen LogP contribution is 2.26.